The summed E-state index contributed by atoms with van der Waals surface area (Å²) < 4.78 is 10.1. The molecule has 0 aliphatic rings. The Balaban J connectivity index is 3.23. The number of pyridine rings is 1. The van der Waals surface area contributed by atoms with Crippen LogP contribution in [0.4, 0.5) is 4.79 Å². The average Bonchev–Trinajstić information content (AvgIpc) is 2.75. The molecule has 0 radical (unpaired) electrons. The van der Waals surface area contributed by atoms with Crippen LogP contribution in [0.15, 0.2) is 30.2 Å². The maximum Gasteiger partial charge on any atom is 0.408 e. The number of nitrogens with one attached hydrogen (secondary N) is 3. The van der Waals surface area contributed by atoms with Crippen molar-refractivity contribution < 1.29 is 28.7 Å². The summed E-state index contributed by atoms with van der Waals surface area (Å²) in [5.74, 6) is -1.70. The van der Waals surface area contributed by atoms with Gasteiger partial charge in [-0.15, -0.1) is 0 Å². The Morgan fingerprint density at radius 3 is 2.11 bits per heavy atom. The van der Waals surface area contributed by atoms with E-state index in [4.69, 9.17) is 9.47 Å². The first-order valence-electron chi connectivity index (χ1n) is 12.0. The Kier molecular flexibility index (Phi) is 12.1. The molecule has 0 aliphatic carbocycles. The molecular formula is C26H40N4O6. The van der Waals surface area contributed by atoms with Crippen molar-refractivity contribution in [3.63, 3.8) is 0 Å². The number of nitrogens with zero attached hydrogens (tertiary/aromatic N) is 1. The highest BCUT2D eigenvalue weighted by Crippen LogP contribution is 2.12. The molecule has 0 unspecified atom stereocenters. The second kappa shape index (κ2) is 14.2. The van der Waals surface area contributed by atoms with Gasteiger partial charge in [0.05, 0.1) is 7.11 Å². The predicted octanol–water partition coefficient (Wildman–Crippen LogP) is 3.18. The van der Waals surface area contributed by atoms with Crippen molar-refractivity contribution in [2.24, 2.45) is 11.8 Å². The van der Waals surface area contributed by atoms with Gasteiger partial charge in [-0.05, 0) is 63.2 Å². The first-order chi connectivity index (χ1) is 16.7. The number of aromatic nitrogens is 1. The summed E-state index contributed by atoms with van der Waals surface area (Å²) in [7, 11) is 1.24. The highest BCUT2D eigenvalue weighted by Gasteiger charge is 2.29. The molecule has 0 saturated heterocycles. The zero-order valence-electron chi connectivity index (χ0n) is 22.5. The third-order valence-electron chi connectivity index (χ3n) is 4.71. The van der Waals surface area contributed by atoms with Crippen LogP contribution in [-0.2, 0) is 23.9 Å². The molecule has 10 heteroatoms. The molecule has 0 bridgehead atoms. The van der Waals surface area contributed by atoms with Gasteiger partial charge in [-0.2, -0.15) is 0 Å². The van der Waals surface area contributed by atoms with Crippen molar-refractivity contribution in [1.82, 2.24) is 20.9 Å². The molecule has 0 saturated carbocycles. The van der Waals surface area contributed by atoms with E-state index in [0.29, 0.717) is 18.4 Å². The minimum atomic E-state index is -0.961. The molecule has 1 heterocycles. The van der Waals surface area contributed by atoms with E-state index >= 15 is 0 Å². The van der Waals surface area contributed by atoms with Gasteiger partial charge in [-0.1, -0.05) is 33.8 Å². The largest absolute Gasteiger partial charge is 0.467 e. The summed E-state index contributed by atoms with van der Waals surface area (Å²) in [4.78, 5) is 55.1. The van der Waals surface area contributed by atoms with E-state index in [1.54, 1.807) is 39.1 Å². The lowest BCUT2D eigenvalue weighted by Crippen LogP contribution is -2.51. The first-order valence-corrected chi connectivity index (χ1v) is 12.0. The number of ether oxygens (including phenoxy) is 2. The van der Waals surface area contributed by atoms with E-state index in [-0.39, 0.29) is 17.5 Å². The Labute approximate surface area is 213 Å². The Hall–Kier alpha value is -3.43. The van der Waals surface area contributed by atoms with Crippen LogP contribution in [0.3, 0.4) is 0 Å². The maximum absolute atomic E-state index is 13.2. The lowest BCUT2D eigenvalue weighted by Gasteiger charge is -2.25. The number of carbonyl (C=O) groups is 4. The molecule has 3 N–H and O–H groups in total. The van der Waals surface area contributed by atoms with E-state index in [1.807, 2.05) is 27.7 Å². The molecule has 200 valence electrons. The number of hydrogen-bond donors (Lipinski definition) is 3. The minimum Gasteiger partial charge on any atom is -0.467 e. The van der Waals surface area contributed by atoms with Gasteiger partial charge in [-0.3, -0.25) is 14.6 Å². The highest BCUT2D eigenvalue weighted by atomic mass is 16.6. The molecule has 0 aromatic carbocycles. The molecule has 3 amide bonds. The maximum atomic E-state index is 13.2. The van der Waals surface area contributed by atoms with Gasteiger partial charge < -0.3 is 25.4 Å². The Morgan fingerprint density at radius 2 is 1.61 bits per heavy atom. The number of rotatable bonds is 11. The fraction of sp³-hybridized carbons (Fsp3) is 0.577. The van der Waals surface area contributed by atoms with E-state index in [9.17, 15) is 19.2 Å². The summed E-state index contributed by atoms with van der Waals surface area (Å²) in [5.41, 5.74) is -0.291. The smallest absolute Gasteiger partial charge is 0.408 e. The Bertz CT molecular complexity index is 922. The number of hydrogen-bond acceptors (Lipinski definition) is 7. The lowest BCUT2D eigenvalue weighted by atomic mass is 10.0. The number of esters is 1. The van der Waals surface area contributed by atoms with E-state index in [2.05, 4.69) is 20.9 Å². The van der Waals surface area contributed by atoms with Crippen LogP contribution in [0.2, 0.25) is 0 Å². The molecule has 0 aliphatic heterocycles. The van der Waals surface area contributed by atoms with Gasteiger partial charge in [0.1, 0.15) is 23.4 Å². The number of alkyl carbamates (subject to hydrolysis) is 1. The third-order valence-corrected chi connectivity index (χ3v) is 4.71. The third kappa shape index (κ3) is 11.8. The van der Waals surface area contributed by atoms with Crippen LogP contribution in [0, 0.1) is 11.8 Å². The van der Waals surface area contributed by atoms with Crippen LogP contribution in [-0.4, -0.2) is 53.7 Å². The molecule has 1 aromatic heterocycles. The van der Waals surface area contributed by atoms with Gasteiger partial charge in [0, 0.05) is 12.4 Å². The quantitative estimate of drug-likeness (QED) is 0.311. The summed E-state index contributed by atoms with van der Waals surface area (Å²) >= 11 is 0. The Morgan fingerprint density at radius 1 is 1.00 bits per heavy atom. The van der Waals surface area contributed by atoms with Crippen molar-refractivity contribution in [3.8, 4) is 0 Å². The molecule has 2 atom stereocenters. The molecule has 1 aromatic rings. The number of carbonyl (C=O) groups excluding carboxylic acids is 4. The van der Waals surface area contributed by atoms with Gasteiger partial charge in [0.2, 0.25) is 5.91 Å². The summed E-state index contributed by atoms with van der Waals surface area (Å²) in [6.07, 6.45) is 4.47. The van der Waals surface area contributed by atoms with Crippen LogP contribution in [0.1, 0.15) is 66.9 Å². The van der Waals surface area contributed by atoms with E-state index in [0.717, 1.165) is 0 Å². The van der Waals surface area contributed by atoms with Crippen LogP contribution in [0.25, 0.3) is 6.08 Å². The topological polar surface area (TPSA) is 136 Å². The summed E-state index contributed by atoms with van der Waals surface area (Å²) in [6.45, 7) is 12.8. The first kappa shape index (κ1) is 30.6. The zero-order valence-corrected chi connectivity index (χ0v) is 22.5. The molecule has 0 fully saturated rings. The highest BCUT2D eigenvalue weighted by molar-refractivity contribution is 6.03. The average molecular weight is 505 g/mol. The van der Waals surface area contributed by atoms with Crippen LogP contribution < -0.4 is 16.0 Å². The molecule has 10 nitrogen and oxygen atoms in total. The van der Waals surface area contributed by atoms with Crippen molar-refractivity contribution in [2.45, 2.75) is 79.0 Å². The predicted molar refractivity (Wildman–Crippen MR) is 136 cm³/mol. The van der Waals surface area contributed by atoms with E-state index in [1.165, 1.54) is 19.4 Å². The van der Waals surface area contributed by atoms with Crippen molar-refractivity contribution in [2.75, 3.05) is 7.11 Å². The van der Waals surface area contributed by atoms with Crippen molar-refractivity contribution >= 4 is 30.0 Å². The monoisotopic (exact) mass is 504 g/mol. The van der Waals surface area contributed by atoms with Crippen molar-refractivity contribution in [1.29, 1.82) is 0 Å². The molecule has 0 spiro atoms. The zero-order chi connectivity index (χ0) is 27.5. The summed E-state index contributed by atoms with van der Waals surface area (Å²) in [5, 5.41) is 7.85. The SMILES string of the molecule is COC(=O)[C@H](CC(C)C)NC(=O)/C(=C/c1cccnc1)NC(=O)[C@H](CC(C)C)NC(=O)OC(C)(C)C. The molecule has 36 heavy (non-hydrogen) atoms. The van der Waals surface area contributed by atoms with Gasteiger partial charge in [-0.25, -0.2) is 9.59 Å². The lowest BCUT2D eigenvalue weighted by molar-refractivity contribution is -0.145. The van der Waals surface area contributed by atoms with Gasteiger partial charge >= 0.3 is 12.1 Å². The standard InChI is InChI=1S/C26H40N4O6/c1-16(2)12-19(30-25(34)36-26(5,6)7)22(31)28-20(14-18-10-9-11-27-15-18)23(32)29-21(13-17(3)4)24(33)35-8/h9-11,14-17,19,21H,12-13H2,1-8H3,(H,28,31)(H,29,32)(H,30,34)/b20-14-/t19-,21-/m0/s1. The molecule has 1 rings (SSSR count). The van der Waals surface area contributed by atoms with E-state index < -0.39 is 41.6 Å². The molecular weight excluding hydrogens is 464 g/mol. The normalized spacial score (nSPS) is 13.6. The fourth-order valence-electron chi connectivity index (χ4n) is 3.22. The van der Waals surface area contributed by atoms with Gasteiger partial charge in [0.25, 0.3) is 5.91 Å². The number of amides is 3. The summed E-state index contributed by atoms with van der Waals surface area (Å²) in [6, 6.07) is 1.54. The number of methoxy groups -OCH3 is 1. The van der Waals surface area contributed by atoms with Crippen molar-refractivity contribution in [3.05, 3.63) is 35.8 Å². The van der Waals surface area contributed by atoms with Gasteiger partial charge in [0.15, 0.2) is 0 Å². The second-order valence-electron chi connectivity index (χ2n) is 10.3. The van der Waals surface area contributed by atoms with Crippen LogP contribution in [0.5, 0.6) is 0 Å². The minimum absolute atomic E-state index is 0.0602. The second-order valence-corrected chi connectivity index (χ2v) is 10.3. The fourth-order valence-corrected chi connectivity index (χ4v) is 3.22. The van der Waals surface area contributed by atoms with Crippen LogP contribution >= 0.6 is 0 Å².